The van der Waals surface area contributed by atoms with Gasteiger partial charge in [0.2, 0.25) is 5.91 Å². The van der Waals surface area contributed by atoms with Crippen LogP contribution in [0.4, 0.5) is 0 Å². The predicted molar refractivity (Wildman–Crippen MR) is 85.8 cm³/mol. The summed E-state index contributed by atoms with van der Waals surface area (Å²) in [5.41, 5.74) is 2.13. The lowest BCUT2D eigenvalue weighted by molar-refractivity contribution is -0.137. The first-order valence-electron chi connectivity index (χ1n) is 7.59. The molecule has 2 N–H and O–H groups in total. The van der Waals surface area contributed by atoms with Crippen molar-refractivity contribution in [2.45, 2.75) is 45.7 Å². The summed E-state index contributed by atoms with van der Waals surface area (Å²) >= 11 is 0. The summed E-state index contributed by atoms with van der Waals surface area (Å²) in [5.74, 6) is -0.913. The Balaban J connectivity index is 2.04. The topological polar surface area (TPSA) is 71.3 Å². The third kappa shape index (κ3) is 3.87. The van der Waals surface area contributed by atoms with Gasteiger partial charge in [-0.1, -0.05) is 18.2 Å². The molecule has 0 bridgehead atoms. The van der Waals surface area contributed by atoms with Crippen molar-refractivity contribution in [2.75, 3.05) is 0 Å². The average Bonchev–Trinajstić information content (AvgIpc) is 2.83. The lowest BCUT2D eigenvalue weighted by Crippen LogP contribution is -2.34. The Labute approximate surface area is 129 Å². The molecule has 1 aromatic carbocycles. The lowest BCUT2D eigenvalue weighted by atomic mass is 10.1. The van der Waals surface area contributed by atoms with Gasteiger partial charge in [-0.15, -0.1) is 0 Å². The molecule has 0 aliphatic heterocycles. The zero-order valence-electron chi connectivity index (χ0n) is 13.0. The Hall–Kier alpha value is -2.30. The molecule has 1 amide bonds. The molecule has 5 nitrogen and oxygen atoms in total. The summed E-state index contributed by atoms with van der Waals surface area (Å²) in [6.45, 7) is 4.76. The van der Waals surface area contributed by atoms with Crippen LogP contribution in [0, 0.1) is 0 Å². The molecule has 0 fully saturated rings. The van der Waals surface area contributed by atoms with Crippen LogP contribution in [0.15, 0.2) is 30.5 Å². The quantitative estimate of drug-likeness (QED) is 0.825. The van der Waals surface area contributed by atoms with Crippen LogP contribution in [-0.4, -0.2) is 27.6 Å². The van der Waals surface area contributed by atoms with Crippen LogP contribution < -0.4 is 5.32 Å². The van der Waals surface area contributed by atoms with Crippen molar-refractivity contribution in [2.24, 2.45) is 0 Å². The molecule has 0 saturated heterocycles. The molecule has 0 aliphatic carbocycles. The predicted octanol–water partition coefficient (Wildman–Crippen LogP) is 2.57. The maximum absolute atomic E-state index is 12.1. The second kappa shape index (κ2) is 7.11. The Morgan fingerprint density at radius 2 is 2.05 bits per heavy atom. The van der Waals surface area contributed by atoms with Crippen LogP contribution in [-0.2, 0) is 22.6 Å². The van der Waals surface area contributed by atoms with E-state index in [1.54, 1.807) is 0 Å². The summed E-state index contributed by atoms with van der Waals surface area (Å²) in [6.07, 6.45) is 2.84. The van der Waals surface area contributed by atoms with Gasteiger partial charge in [0.05, 0.1) is 6.42 Å². The van der Waals surface area contributed by atoms with Crippen molar-refractivity contribution >= 4 is 22.8 Å². The number of nitrogens with zero attached hydrogens (tertiary/aromatic N) is 1. The van der Waals surface area contributed by atoms with Crippen molar-refractivity contribution < 1.29 is 14.7 Å². The molecule has 1 atom stereocenters. The maximum atomic E-state index is 12.1. The van der Waals surface area contributed by atoms with Gasteiger partial charge in [-0.25, -0.2) is 0 Å². The van der Waals surface area contributed by atoms with E-state index in [4.69, 9.17) is 5.11 Å². The molecule has 1 unspecified atom stereocenters. The zero-order chi connectivity index (χ0) is 16.1. The second-order valence-electron chi connectivity index (χ2n) is 5.54. The van der Waals surface area contributed by atoms with E-state index in [1.807, 2.05) is 31.3 Å². The van der Waals surface area contributed by atoms with E-state index in [2.05, 4.69) is 22.9 Å². The number of carboxylic acids is 1. The number of carbonyl (C=O) groups is 2. The summed E-state index contributed by atoms with van der Waals surface area (Å²) in [4.78, 5) is 22.7. The molecular weight excluding hydrogens is 280 g/mol. The van der Waals surface area contributed by atoms with Gasteiger partial charge in [0.1, 0.15) is 0 Å². The highest BCUT2D eigenvalue weighted by atomic mass is 16.4. The second-order valence-corrected chi connectivity index (χ2v) is 5.54. The molecule has 0 aliphatic rings. The van der Waals surface area contributed by atoms with Crippen LogP contribution in [0.2, 0.25) is 0 Å². The van der Waals surface area contributed by atoms with Crippen LogP contribution in [0.25, 0.3) is 10.9 Å². The van der Waals surface area contributed by atoms with Gasteiger partial charge >= 0.3 is 5.97 Å². The van der Waals surface area contributed by atoms with Gasteiger partial charge in [-0.2, -0.15) is 0 Å². The number of aromatic nitrogens is 1. The van der Waals surface area contributed by atoms with E-state index in [9.17, 15) is 9.59 Å². The Kier molecular flexibility index (Phi) is 5.20. The number of fused-ring (bicyclic) bond motifs is 1. The van der Waals surface area contributed by atoms with Crippen molar-refractivity contribution in [1.82, 2.24) is 9.88 Å². The van der Waals surface area contributed by atoms with E-state index < -0.39 is 5.97 Å². The number of aliphatic carboxylic acids is 1. The Morgan fingerprint density at radius 3 is 2.73 bits per heavy atom. The highest BCUT2D eigenvalue weighted by Crippen LogP contribution is 2.21. The van der Waals surface area contributed by atoms with Gasteiger partial charge in [0.15, 0.2) is 0 Å². The number of amides is 1. The number of nitrogens with one attached hydrogen (secondary N) is 1. The molecule has 1 aromatic heterocycles. The summed E-state index contributed by atoms with van der Waals surface area (Å²) < 4.78 is 2.13. The molecule has 22 heavy (non-hydrogen) atoms. The van der Waals surface area contributed by atoms with E-state index in [0.717, 1.165) is 23.0 Å². The minimum Gasteiger partial charge on any atom is -0.481 e. The lowest BCUT2D eigenvalue weighted by Gasteiger charge is -2.12. The third-order valence-electron chi connectivity index (χ3n) is 3.76. The normalized spacial score (nSPS) is 12.3. The fourth-order valence-electron chi connectivity index (χ4n) is 2.64. The smallest absolute Gasteiger partial charge is 0.303 e. The van der Waals surface area contributed by atoms with Crippen molar-refractivity contribution in [3.63, 3.8) is 0 Å². The summed E-state index contributed by atoms with van der Waals surface area (Å²) in [6, 6.07) is 7.90. The van der Waals surface area contributed by atoms with Crippen LogP contribution >= 0.6 is 0 Å². The zero-order valence-corrected chi connectivity index (χ0v) is 13.0. The maximum Gasteiger partial charge on any atom is 0.303 e. The van der Waals surface area contributed by atoms with Gasteiger partial charge in [-0.05, 0) is 31.9 Å². The Morgan fingerprint density at radius 1 is 1.32 bits per heavy atom. The van der Waals surface area contributed by atoms with Gasteiger partial charge < -0.3 is 15.0 Å². The van der Waals surface area contributed by atoms with Gasteiger partial charge in [0.25, 0.3) is 0 Å². The van der Waals surface area contributed by atoms with E-state index in [0.29, 0.717) is 12.8 Å². The fraction of sp³-hybridized carbons (Fsp3) is 0.412. The SMILES string of the molecule is CCn1cc(CC(=O)NC(C)CCC(=O)O)c2ccccc21. The standard InChI is InChI=1S/C17H22N2O3/c1-3-19-11-13(14-6-4-5-7-15(14)19)10-16(20)18-12(2)8-9-17(21)22/h4-7,11-12H,3,8-10H2,1-2H3,(H,18,20)(H,21,22). The van der Waals surface area contributed by atoms with E-state index >= 15 is 0 Å². The number of carbonyl (C=O) groups excluding carboxylic acids is 1. The largest absolute Gasteiger partial charge is 0.481 e. The number of aryl methyl sites for hydroxylation is 1. The first-order valence-corrected chi connectivity index (χ1v) is 7.59. The van der Waals surface area contributed by atoms with Crippen LogP contribution in [0.5, 0.6) is 0 Å². The number of hydrogen-bond acceptors (Lipinski definition) is 2. The minimum atomic E-state index is -0.841. The monoisotopic (exact) mass is 302 g/mol. The number of hydrogen-bond donors (Lipinski definition) is 2. The molecule has 0 saturated carbocycles. The molecule has 2 aromatic rings. The van der Waals surface area contributed by atoms with Crippen molar-refractivity contribution in [3.05, 3.63) is 36.0 Å². The Bertz CT molecular complexity index is 676. The van der Waals surface area contributed by atoms with Crippen molar-refractivity contribution in [3.8, 4) is 0 Å². The minimum absolute atomic E-state index is 0.0661. The molecule has 2 rings (SSSR count). The number of rotatable bonds is 7. The average molecular weight is 302 g/mol. The van der Waals surface area contributed by atoms with E-state index in [1.165, 1.54) is 0 Å². The molecule has 5 heteroatoms. The highest BCUT2D eigenvalue weighted by Gasteiger charge is 2.13. The molecule has 0 radical (unpaired) electrons. The summed E-state index contributed by atoms with van der Waals surface area (Å²) in [5, 5.41) is 12.6. The molecular formula is C17H22N2O3. The molecule has 1 heterocycles. The van der Waals surface area contributed by atoms with E-state index in [-0.39, 0.29) is 18.4 Å². The third-order valence-corrected chi connectivity index (χ3v) is 3.76. The first kappa shape index (κ1) is 16.1. The van der Waals surface area contributed by atoms with Gasteiger partial charge in [0, 0.05) is 36.1 Å². The van der Waals surface area contributed by atoms with Crippen LogP contribution in [0.1, 0.15) is 32.3 Å². The first-order chi connectivity index (χ1) is 10.5. The number of benzene rings is 1. The highest BCUT2D eigenvalue weighted by molar-refractivity contribution is 5.89. The fourth-order valence-corrected chi connectivity index (χ4v) is 2.64. The summed E-state index contributed by atoms with van der Waals surface area (Å²) in [7, 11) is 0. The van der Waals surface area contributed by atoms with Crippen LogP contribution in [0.3, 0.4) is 0 Å². The van der Waals surface area contributed by atoms with Crippen molar-refractivity contribution in [1.29, 1.82) is 0 Å². The number of para-hydroxylation sites is 1. The molecule has 118 valence electrons. The van der Waals surface area contributed by atoms with Gasteiger partial charge in [-0.3, -0.25) is 9.59 Å². The number of carboxylic acid groups (broad SMARTS) is 1. The molecule has 0 spiro atoms.